The minimum atomic E-state index is -0.837. The van der Waals surface area contributed by atoms with Crippen molar-refractivity contribution in [3.05, 3.63) is 0 Å². The number of hydrogen-bond donors (Lipinski definition) is 3. The summed E-state index contributed by atoms with van der Waals surface area (Å²) in [6.45, 7) is 3.08. The molecule has 1 atom stereocenters. The first-order valence-electron chi connectivity index (χ1n) is 4.54. The monoisotopic (exact) mass is 188 g/mol. The van der Waals surface area contributed by atoms with E-state index in [2.05, 4.69) is 5.32 Å². The lowest BCUT2D eigenvalue weighted by molar-refractivity contribution is -0.144. The fraction of sp³-hybridized carbons (Fsp3) is 0.875. The number of nitrogens with one attached hydrogen (secondary N) is 1. The molecule has 0 spiro atoms. The van der Waals surface area contributed by atoms with Crippen LogP contribution in [-0.2, 0) is 4.79 Å². The van der Waals surface area contributed by atoms with Crippen molar-refractivity contribution < 1.29 is 15.0 Å². The van der Waals surface area contributed by atoms with E-state index in [0.29, 0.717) is 6.42 Å². The normalized spacial score (nSPS) is 21.3. The van der Waals surface area contributed by atoms with Crippen LogP contribution >= 0.6 is 0 Å². The van der Waals surface area contributed by atoms with E-state index in [0.717, 1.165) is 26.2 Å². The zero-order valence-corrected chi connectivity index (χ0v) is 7.57. The molecule has 0 bridgehead atoms. The summed E-state index contributed by atoms with van der Waals surface area (Å²) in [4.78, 5) is 12.7. The molecule has 1 aliphatic heterocycles. The number of nitrogens with zero attached hydrogens (tertiary/aromatic N) is 1. The maximum atomic E-state index is 10.8. The Morgan fingerprint density at radius 1 is 1.46 bits per heavy atom. The van der Waals surface area contributed by atoms with Crippen LogP contribution in [0.4, 0.5) is 0 Å². The summed E-state index contributed by atoms with van der Waals surface area (Å²) in [6.07, 6.45) is 0.315. The Hall–Kier alpha value is -0.650. The Labute approximate surface area is 77.3 Å². The predicted octanol–water partition coefficient (Wildman–Crippen LogP) is -1.27. The van der Waals surface area contributed by atoms with Gasteiger partial charge in [-0.2, -0.15) is 0 Å². The molecule has 0 amide bonds. The van der Waals surface area contributed by atoms with Gasteiger partial charge < -0.3 is 15.5 Å². The van der Waals surface area contributed by atoms with Gasteiger partial charge >= 0.3 is 5.97 Å². The second-order valence-electron chi connectivity index (χ2n) is 3.15. The van der Waals surface area contributed by atoms with E-state index in [9.17, 15) is 4.79 Å². The summed E-state index contributed by atoms with van der Waals surface area (Å²) >= 11 is 0. The van der Waals surface area contributed by atoms with Gasteiger partial charge in [0.2, 0.25) is 0 Å². The quantitative estimate of drug-likeness (QED) is 0.513. The summed E-state index contributed by atoms with van der Waals surface area (Å²) in [5.74, 6) is -0.837. The highest BCUT2D eigenvalue weighted by Crippen LogP contribution is 2.05. The van der Waals surface area contributed by atoms with E-state index in [1.165, 1.54) is 0 Å². The third-order valence-corrected chi connectivity index (χ3v) is 2.28. The number of carbonyl (C=O) groups is 1. The second-order valence-corrected chi connectivity index (χ2v) is 3.15. The van der Waals surface area contributed by atoms with Crippen LogP contribution in [0.15, 0.2) is 0 Å². The Kier molecular flexibility index (Phi) is 4.14. The lowest BCUT2D eigenvalue weighted by Crippen LogP contribution is -2.51. The van der Waals surface area contributed by atoms with E-state index in [1.54, 1.807) is 0 Å². The first-order valence-corrected chi connectivity index (χ1v) is 4.54. The van der Waals surface area contributed by atoms with E-state index in [-0.39, 0.29) is 6.61 Å². The Bertz CT molecular complexity index is 169. The van der Waals surface area contributed by atoms with Crippen molar-refractivity contribution >= 4 is 5.97 Å². The van der Waals surface area contributed by atoms with Gasteiger partial charge in [-0.1, -0.05) is 0 Å². The summed E-state index contributed by atoms with van der Waals surface area (Å²) < 4.78 is 0. The van der Waals surface area contributed by atoms with Crippen molar-refractivity contribution in [1.29, 1.82) is 0 Å². The van der Waals surface area contributed by atoms with E-state index < -0.39 is 12.0 Å². The molecule has 1 saturated heterocycles. The fourth-order valence-electron chi connectivity index (χ4n) is 1.58. The molecule has 1 aliphatic rings. The first-order chi connectivity index (χ1) is 6.25. The average Bonchev–Trinajstić information content (AvgIpc) is 2.15. The predicted molar refractivity (Wildman–Crippen MR) is 47.6 cm³/mol. The standard InChI is InChI=1S/C8H16N2O3/c11-6-1-7(8(12)13)10-4-2-9-3-5-10/h7,9,11H,1-6H2,(H,12,13). The molecule has 3 N–H and O–H groups in total. The zero-order chi connectivity index (χ0) is 9.68. The molecule has 1 rings (SSSR count). The van der Waals surface area contributed by atoms with Crippen molar-refractivity contribution in [3.8, 4) is 0 Å². The molecular formula is C8H16N2O3. The van der Waals surface area contributed by atoms with Crippen LogP contribution in [0.5, 0.6) is 0 Å². The number of aliphatic hydroxyl groups excluding tert-OH is 1. The molecule has 1 heterocycles. The number of carboxylic acid groups (broad SMARTS) is 1. The minimum Gasteiger partial charge on any atom is -0.480 e. The van der Waals surface area contributed by atoms with Crippen LogP contribution < -0.4 is 5.32 Å². The SMILES string of the molecule is O=C(O)C(CCO)N1CCNCC1. The zero-order valence-electron chi connectivity index (χ0n) is 7.57. The molecular weight excluding hydrogens is 172 g/mol. The van der Waals surface area contributed by atoms with Gasteiger partial charge in [0.1, 0.15) is 6.04 Å². The van der Waals surface area contributed by atoms with E-state index >= 15 is 0 Å². The molecule has 0 aliphatic carbocycles. The summed E-state index contributed by atoms with van der Waals surface area (Å²) in [5.41, 5.74) is 0. The highest BCUT2D eigenvalue weighted by atomic mass is 16.4. The molecule has 0 saturated carbocycles. The highest BCUT2D eigenvalue weighted by Gasteiger charge is 2.25. The van der Waals surface area contributed by atoms with Crippen molar-refractivity contribution in [2.24, 2.45) is 0 Å². The Balaban J connectivity index is 2.46. The van der Waals surface area contributed by atoms with Gasteiger partial charge in [-0.25, -0.2) is 0 Å². The smallest absolute Gasteiger partial charge is 0.321 e. The number of piperazine rings is 1. The van der Waals surface area contributed by atoms with Crippen LogP contribution in [0, 0.1) is 0 Å². The summed E-state index contributed by atoms with van der Waals surface area (Å²) in [5, 5.41) is 20.7. The molecule has 0 radical (unpaired) electrons. The molecule has 0 aromatic heterocycles. The molecule has 13 heavy (non-hydrogen) atoms. The van der Waals surface area contributed by atoms with Crippen LogP contribution in [0.3, 0.4) is 0 Å². The molecule has 5 heteroatoms. The first kappa shape index (κ1) is 10.4. The fourth-order valence-corrected chi connectivity index (χ4v) is 1.58. The number of carboxylic acids is 1. The van der Waals surface area contributed by atoms with Crippen molar-refractivity contribution in [1.82, 2.24) is 10.2 Å². The van der Waals surface area contributed by atoms with E-state index in [1.807, 2.05) is 4.90 Å². The number of hydrogen-bond acceptors (Lipinski definition) is 4. The van der Waals surface area contributed by atoms with Crippen LogP contribution in [0.25, 0.3) is 0 Å². The third-order valence-electron chi connectivity index (χ3n) is 2.28. The average molecular weight is 188 g/mol. The molecule has 5 nitrogen and oxygen atoms in total. The van der Waals surface area contributed by atoms with Gasteiger partial charge in [-0.15, -0.1) is 0 Å². The van der Waals surface area contributed by atoms with Crippen LogP contribution in [0.1, 0.15) is 6.42 Å². The minimum absolute atomic E-state index is 0.0686. The van der Waals surface area contributed by atoms with Gasteiger partial charge in [-0.05, 0) is 6.42 Å². The molecule has 0 aromatic rings. The van der Waals surface area contributed by atoms with Crippen LogP contribution in [0.2, 0.25) is 0 Å². The highest BCUT2D eigenvalue weighted by molar-refractivity contribution is 5.73. The van der Waals surface area contributed by atoms with Gasteiger partial charge in [-0.3, -0.25) is 9.69 Å². The number of aliphatic carboxylic acids is 1. The van der Waals surface area contributed by atoms with Gasteiger partial charge in [0.25, 0.3) is 0 Å². The summed E-state index contributed by atoms with van der Waals surface area (Å²) in [7, 11) is 0. The number of aliphatic hydroxyl groups is 1. The molecule has 76 valence electrons. The third kappa shape index (κ3) is 2.95. The lowest BCUT2D eigenvalue weighted by Gasteiger charge is -2.31. The summed E-state index contributed by atoms with van der Waals surface area (Å²) in [6, 6.07) is -0.521. The van der Waals surface area contributed by atoms with Crippen molar-refractivity contribution in [2.75, 3.05) is 32.8 Å². The Morgan fingerprint density at radius 3 is 2.54 bits per heavy atom. The Morgan fingerprint density at radius 2 is 2.08 bits per heavy atom. The maximum Gasteiger partial charge on any atom is 0.321 e. The largest absolute Gasteiger partial charge is 0.480 e. The second kappa shape index (κ2) is 5.16. The topological polar surface area (TPSA) is 72.8 Å². The number of rotatable bonds is 4. The van der Waals surface area contributed by atoms with Gasteiger partial charge in [0.15, 0.2) is 0 Å². The van der Waals surface area contributed by atoms with E-state index in [4.69, 9.17) is 10.2 Å². The lowest BCUT2D eigenvalue weighted by atomic mass is 10.1. The van der Waals surface area contributed by atoms with Crippen LogP contribution in [-0.4, -0.2) is 59.9 Å². The van der Waals surface area contributed by atoms with Crippen molar-refractivity contribution in [3.63, 3.8) is 0 Å². The molecule has 1 fully saturated rings. The van der Waals surface area contributed by atoms with Gasteiger partial charge in [0, 0.05) is 32.8 Å². The molecule has 0 aromatic carbocycles. The molecule has 1 unspecified atom stereocenters. The maximum absolute atomic E-state index is 10.8. The van der Waals surface area contributed by atoms with Crippen molar-refractivity contribution in [2.45, 2.75) is 12.5 Å². The van der Waals surface area contributed by atoms with Gasteiger partial charge in [0.05, 0.1) is 0 Å².